The summed E-state index contributed by atoms with van der Waals surface area (Å²) in [4.78, 5) is 11.9. The number of amides is 1. The van der Waals surface area contributed by atoms with Crippen molar-refractivity contribution in [3.05, 3.63) is 59.7 Å². The van der Waals surface area contributed by atoms with Crippen LogP contribution in [0.5, 0.6) is 0 Å². The highest BCUT2D eigenvalue weighted by molar-refractivity contribution is 5.83. The number of nitrogens with zero attached hydrogens (tertiary/aromatic N) is 4. The van der Waals surface area contributed by atoms with Gasteiger partial charge in [-0.3, -0.25) is 4.79 Å². The normalized spacial score (nSPS) is 11.2. The molecular formula is C17H17N5O. The molecule has 23 heavy (non-hydrogen) atoms. The lowest BCUT2D eigenvalue weighted by atomic mass is 10.1. The summed E-state index contributed by atoms with van der Waals surface area (Å²) in [6, 6.07) is 15.5. The van der Waals surface area contributed by atoms with Crippen molar-refractivity contribution < 1.29 is 4.79 Å². The van der Waals surface area contributed by atoms with Gasteiger partial charge in [-0.15, -0.1) is 5.10 Å². The standard InChI is InChI=1S/C17H17N5O/c1-13-6-2-3-7-14(13)12-18-20-17(23)10-11-22-16-9-5-4-8-15(16)19-21-22/h2-9,12H,10-11H2,1H3,(H,20,23)/b18-12+. The largest absolute Gasteiger partial charge is 0.273 e. The van der Waals surface area contributed by atoms with Crippen molar-refractivity contribution in [2.75, 3.05) is 0 Å². The average molecular weight is 307 g/mol. The van der Waals surface area contributed by atoms with Crippen LogP contribution in [0.1, 0.15) is 17.5 Å². The maximum atomic E-state index is 11.9. The fraction of sp³-hybridized carbons (Fsp3) is 0.176. The zero-order valence-electron chi connectivity index (χ0n) is 12.8. The Morgan fingerprint density at radius 1 is 1.22 bits per heavy atom. The van der Waals surface area contributed by atoms with Crippen LogP contribution < -0.4 is 5.43 Å². The van der Waals surface area contributed by atoms with E-state index >= 15 is 0 Å². The number of para-hydroxylation sites is 1. The number of benzene rings is 2. The molecule has 1 heterocycles. The van der Waals surface area contributed by atoms with E-state index in [2.05, 4.69) is 20.8 Å². The van der Waals surface area contributed by atoms with Crippen LogP contribution in [0, 0.1) is 6.92 Å². The summed E-state index contributed by atoms with van der Waals surface area (Å²) in [5.41, 5.74) is 6.37. The lowest BCUT2D eigenvalue weighted by molar-refractivity contribution is -0.121. The molecule has 1 N–H and O–H groups in total. The lowest BCUT2D eigenvalue weighted by Crippen LogP contribution is -2.19. The number of hydrogen-bond acceptors (Lipinski definition) is 4. The highest BCUT2D eigenvalue weighted by Gasteiger charge is 2.05. The molecule has 3 rings (SSSR count). The third kappa shape index (κ3) is 3.60. The first-order valence-corrected chi connectivity index (χ1v) is 7.40. The Balaban J connectivity index is 1.55. The molecule has 0 unspecified atom stereocenters. The number of hydrazone groups is 1. The third-order valence-electron chi connectivity index (χ3n) is 3.55. The highest BCUT2D eigenvalue weighted by atomic mass is 16.2. The van der Waals surface area contributed by atoms with Crippen LogP contribution >= 0.6 is 0 Å². The summed E-state index contributed by atoms with van der Waals surface area (Å²) in [6.45, 7) is 2.46. The lowest BCUT2D eigenvalue weighted by Gasteiger charge is -2.02. The summed E-state index contributed by atoms with van der Waals surface area (Å²) in [6.07, 6.45) is 1.94. The molecule has 0 bridgehead atoms. The molecule has 3 aromatic rings. The van der Waals surface area contributed by atoms with Crippen molar-refractivity contribution in [3.8, 4) is 0 Å². The van der Waals surface area contributed by atoms with Gasteiger partial charge in [-0.25, -0.2) is 10.1 Å². The number of aryl methyl sites for hydroxylation is 2. The maximum absolute atomic E-state index is 11.9. The number of rotatable bonds is 5. The molecule has 0 aliphatic heterocycles. The van der Waals surface area contributed by atoms with E-state index in [-0.39, 0.29) is 5.91 Å². The highest BCUT2D eigenvalue weighted by Crippen LogP contribution is 2.09. The molecule has 0 saturated carbocycles. The van der Waals surface area contributed by atoms with Crippen LogP contribution in [-0.4, -0.2) is 27.1 Å². The van der Waals surface area contributed by atoms with Gasteiger partial charge >= 0.3 is 0 Å². The minimum atomic E-state index is -0.158. The van der Waals surface area contributed by atoms with Gasteiger partial charge in [0, 0.05) is 6.42 Å². The molecule has 0 aliphatic carbocycles. The number of carbonyl (C=O) groups excluding carboxylic acids is 1. The van der Waals surface area contributed by atoms with E-state index in [4.69, 9.17) is 0 Å². The second kappa shape index (κ2) is 6.83. The predicted molar refractivity (Wildman–Crippen MR) is 89.1 cm³/mol. The molecule has 1 amide bonds. The van der Waals surface area contributed by atoms with Crippen molar-refractivity contribution in [2.24, 2.45) is 5.10 Å². The van der Waals surface area contributed by atoms with Crippen molar-refractivity contribution >= 4 is 23.2 Å². The van der Waals surface area contributed by atoms with Gasteiger partial charge in [0.15, 0.2) is 0 Å². The van der Waals surface area contributed by atoms with Gasteiger partial charge in [0.2, 0.25) is 5.91 Å². The van der Waals surface area contributed by atoms with Crippen LogP contribution in [0.4, 0.5) is 0 Å². The summed E-state index contributed by atoms with van der Waals surface area (Å²) < 4.78 is 1.72. The second-order valence-electron chi connectivity index (χ2n) is 5.20. The van der Waals surface area contributed by atoms with E-state index in [0.717, 1.165) is 22.2 Å². The Morgan fingerprint density at radius 3 is 2.87 bits per heavy atom. The Kier molecular flexibility index (Phi) is 4.42. The summed E-state index contributed by atoms with van der Waals surface area (Å²) in [7, 11) is 0. The molecule has 0 aliphatic rings. The molecule has 0 atom stereocenters. The number of fused-ring (bicyclic) bond motifs is 1. The van der Waals surface area contributed by atoms with Gasteiger partial charge in [0.1, 0.15) is 5.52 Å². The van der Waals surface area contributed by atoms with E-state index < -0.39 is 0 Å². The van der Waals surface area contributed by atoms with E-state index in [0.29, 0.717) is 13.0 Å². The van der Waals surface area contributed by atoms with E-state index in [1.54, 1.807) is 10.9 Å². The maximum Gasteiger partial charge on any atom is 0.241 e. The SMILES string of the molecule is Cc1ccccc1/C=N/NC(=O)CCn1nnc2ccccc21. The van der Waals surface area contributed by atoms with E-state index in [1.165, 1.54) is 0 Å². The Bertz CT molecular complexity index is 853. The summed E-state index contributed by atoms with van der Waals surface area (Å²) in [5, 5.41) is 12.1. The van der Waals surface area contributed by atoms with Gasteiger partial charge in [-0.1, -0.05) is 41.6 Å². The molecule has 0 fully saturated rings. The van der Waals surface area contributed by atoms with Crippen LogP contribution in [0.2, 0.25) is 0 Å². The quantitative estimate of drug-likeness (QED) is 0.580. The monoisotopic (exact) mass is 307 g/mol. The van der Waals surface area contributed by atoms with Crippen molar-refractivity contribution in [2.45, 2.75) is 19.9 Å². The van der Waals surface area contributed by atoms with Gasteiger partial charge < -0.3 is 0 Å². The molecule has 116 valence electrons. The molecule has 1 aromatic heterocycles. The van der Waals surface area contributed by atoms with Gasteiger partial charge in [-0.2, -0.15) is 5.10 Å². The molecule has 6 heteroatoms. The smallest absolute Gasteiger partial charge is 0.241 e. The van der Waals surface area contributed by atoms with Crippen molar-refractivity contribution in [1.82, 2.24) is 20.4 Å². The number of carbonyl (C=O) groups is 1. The number of nitrogens with one attached hydrogen (secondary N) is 1. The average Bonchev–Trinajstić information content (AvgIpc) is 2.98. The number of hydrogen-bond donors (Lipinski definition) is 1. The minimum Gasteiger partial charge on any atom is -0.273 e. The van der Waals surface area contributed by atoms with Crippen LogP contribution in [-0.2, 0) is 11.3 Å². The molecule has 2 aromatic carbocycles. The van der Waals surface area contributed by atoms with Crippen LogP contribution in [0.3, 0.4) is 0 Å². The second-order valence-corrected chi connectivity index (χ2v) is 5.20. The molecule has 0 spiro atoms. The van der Waals surface area contributed by atoms with Crippen LogP contribution in [0.15, 0.2) is 53.6 Å². The van der Waals surface area contributed by atoms with Crippen molar-refractivity contribution in [1.29, 1.82) is 0 Å². The Hall–Kier alpha value is -3.02. The molecule has 6 nitrogen and oxygen atoms in total. The topological polar surface area (TPSA) is 72.2 Å². The Morgan fingerprint density at radius 2 is 2.00 bits per heavy atom. The Labute approximate surface area is 133 Å². The summed E-state index contributed by atoms with van der Waals surface area (Å²) >= 11 is 0. The van der Waals surface area contributed by atoms with Gasteiger partial charge in [-0.05, 0) is 30.2 Å². The first-order chi connectivity index (χ1) is 11.2. The molecule has 0 saturated heterocycles. The van der Waals surface area contributed by atoms with Crippen molar-refractivity contribution in [3.63, 3.8) is 0 Å². The third-order valence-corrected chi connectivity index (χ3v) is 3.55. The fourth-order valence-corrected chi connectivity index (χ4v) is 2.25. The zero-order valence-corrected chi connectivity index (χ0v) is 12.8. The first-order valence-electron chi connectivity index (χ1n) is 7.40. The van der Waals surface area contributed by atoms with E-state index in [1.807, 2.05) is 55.5 Å². The van der Waals surface area contributed by atoms with Crippen LogP contribution in [0.25, 0.3) is 11.0 Å². The summed E-state index contributed by atoms with van der Waals surface area (Å²) in [5.74, 6) is -0.158. The first kappa shape index (κ1) is 14.9. The van der Waals surface area contributed by atoms with E-state index in [9.17, 15) is 4.79 Å². The molecular weight excluding hydrogens is 290 g/mol. The predicted octanol–water partition coefficient (Wildman–Crippen LogP) is 2.28. The molecule has 0 radical (unpaired) electrons. The van der Waals surface area contributed by atoms with Gasteiger partial charge in [0.25, 0.3) is 0 Å². The zero-order chi connectivity index (χ0) is 16.1. The number of aromatic nitrogens is 3. The fourth-order valence-electron chi connectivity index (χ4n) is 2.25. The van der Waals surface area contributed by atoms with Gasteiger partial charge in [0.05, 0.1) is 18.3 Å². The minimum absolute atomic E-state index is 0.158.